The van der Waals surface area contributed by atoms with E-state index in [0.717, 1.165) is 24.4 Å². The number of nitrogens with one attached hydrogen (secondary N) is 1. The Hall–Kier alpha value is -1.53. The minimum absolute atomic E-state index is 0.0127. The fourth-order valence-electron chi connectivity index (χ4n) is 3.01. The monoisotopic (exact) mass is 338 g/mol. The summed E-state index contributed by atoms with van der Waals surface area (Å²) in [5.41, 5.74) is -0.270. The van der Waals surface area contributed by atoms with E-state index in [1.807, 2.05) is 39.8 Å². The highest BCUT2D eigenvalue weighted by atomic mass is 16.5. The summed E-state index contributed by atoms with van der Waals surface area (Å²) in [6.07, 6.45) is 1.58. The van der Waals surface area contributed by atoms with E-state index in [9.17, 15) is 4.79 Å². The molecule has 0 aliphatic carbocycles. The summed E-state index contributed by atoms with van der Waals surface area (Å²) in [6, 6.07) is 3.65. The van der Waals surface area contributed by atoms with E-state index < -0.39 is 0 Å². The molecule has 2 heterocycles. The van der Waals surface area contributed by atoms with Crippen LogP contribution >= 0.6 is 0 Å². The van der Waals surface area contributed by atoms with E-state index in [2.05, 4.69) is 5.32 Å². The van der Waals surface area contributed by atoms with Crippen molar-refractivity contribution in [1.29, 1.82) is 0 Å². The first-order valence-corrected chi connectivity index (χ1v) is 8.65. The van der Waals surface area contributed by atoms with Gasteiger partial charge in [0.15, 0.2) is 0 Å². The van der Waals surface area contributed by atoms with Crippen LogP contribution in [0.4, 0.5) is 4.79 Å². The summed E-state index contributed by atoms with van der Waals surface area (Å²) in [5, 5.41) is 3.07. The predicted octanol–water partition coefficient (Wildman–Crippen LogP) is 3.13. The average Bonchev–Trinajstić information content (AvgIpc) is 3.03. The van der Waals surface area contributed by atoms with Gasteiger partial charge in [-0.3, -0.25) is 0 Å². The van der Waals surface area contributed by atoms with Crippen LogP contribution in [0.3, 0.4) is 0 Å². The number of methoxy groups -OCH3 is 1. The number of amides is 2. The quantitative estimate of drug-likeness (QED) is 0.865. The zero-order valence-corrected chi connectivity index (χ0v) is 15.4. The lowest BCUT2D eigenvalue weighted by Gasteiger charge is -2.36. The summed E-state index contributed by atoms with van der Waals surface area (Å²) in [4.78, 5) is 14.5. The van der Waals surface area contributed by atoms with Gasteiger partial charge in [-0.25, -0.2) is 4.79 Å². The third kappa shape index (κ3) is 4.74. The number of ether oxygens (including phenoxy) is 2. The molecule has 2 atom stereocenters. The number of carbonyl (C=O) groups excluding carboxylic acids is 1. The minimum Gasteiger partial charge on any atom is -0.464 e. The molecule has 1 N–H and O–H groups in total. The topological polar surface area (TPSA) is 63.9 Å². The van der Waals surface area contributed by atoms with E-state index >= 15 is 0 Å². The first kappa shape index (κ1) is 18.8. The highest BCUT2D eigenvalue weighted by Crippen LogP contribution is 2.26. The van der Waals surface area contributed by atoms with Crippen LogP contribution in [0.25, 0.3) is 0 Å². The fraction of sp³-hybridized carbons (Fsp3) is 0.722. The van der Waals surface area contributed by atoms with Crippen molar-refractivity contribution < 1.29 is 18.7 Å². The maximum Gasteiger partial charge on any atom is 0.318 e. The Morgan fingerprint density at radius 3 is 2.88 bits per heavy atom. The largest absolute Gasteiger partial charge is 0.464 e. The Kier molecular flexibility index (Phi) is 6.29. The molecule has 1 saturated heterocycles. The van der Waals surface area contributed by atoms with Crippen LogP contribution in [-0.4, -0.2) is 49.4 Å². The number of aryl methyl sites for hydroxylation is 1. The molecule has 6 heteroatoms. The second kappa shape index (κ2) is 8.03. The van der Waals surface area contributed by atoms with E-state index in [1.54, 1.807) is 12.0 Å². The minimum atomic E-state index is -0.270. The first-order chi connectivity index (χ1) is 11.4. The molecule has 1 aromatic rings. The molecule has 1 aromatic heterocycles. The van der Waals surface area contributed by atoms with Crippen LogP contribution in [-0.2, 0) is 15.9 Å². The molecule has 136 valence electrons. The van der Waals surface area contributed by atoms with Crippen molar-refractivity contribution in [2.24, 2.45) is 0 Å². The van der Waals surface area contributed by atoms with Crippen LogP contribution in [0.1, 0.15) is 51.7 Å². The number of carbonyl (C=O) groups is 1. The van der Waals surface area contributed by atoms with Crippen LogP contribution in [0.2, 0.25) is 0 Å². The van der Waals surface area contributed by atoms with Crippen molar-refractivity contribution in [2.75, 3.05) is 26.9 Å². The second-order valence-corrected chi connectivity index (χ2v) is 6.96. The molecule has 2 amide bonds. The molecule has 1 aliphatic rings. The summed E-state index contributed by atoms with van der Waals surface area (Å²) in [6.45, 7) is 9.63. The number of rotatable bonds is 6. The number of hydrogen-bond acceptors (Lipinski definition) is 4. The van der Waals surface area contributed by atoms with E-state index in [4.69, 9.17) is 13.9 Å². The zero-order chi connectivity index (χ0) is 17.7. The molecule has 0 bridgehead atoms. The molecular weight excluding hydrogens is 308 g/mol. The van der Waals surface area contributed by atoms with Gasteiger partial charge in [0.2, 0.25) is 0 Å². The van der Waals surface area contributed by atoms with Crippen molar-refractivity contribution >= 4 is 6.03 Å². The number of furan rings is 1. The lowest BCUT2D eigenvalue weighted by atomic mass is 10.00. The van der Waals surface area contributed by atoms with Crippen molar-refractivity contribution in [3.63, 3.8) is 0 Å². The van der Waals surface area contributed by atoms with Crippen molar-refractivity contribution in [2.45, 2.75) is 58.2 Å². The third-order valence-electron chi connectivity index (χ3n) is 4.47. The first-order valence-electron chi connectivity index (χ1n) is 8.65. The van der Waals surface area contributed by atoms with Gasteiger partial charge < -0.3 is 24.1 Å². The van der Waals surface area contributed by atoms with Gasteiger partial charge in [-0.05, 0) is 39.3 Å². The molecule has 0 spiro atoms. The standard InChI is InChI=1S/C18H30N2O4/c1-6-14-7-8-16(24-14)15-12-23-10-9-20(15)17(21)19-13(2)11-18(3,4)22-5/h7-8,13,15H,6,9-12H2,1-5H3,(H,19,21)/t13-,15+/m0/s1. The highest BCUT2D eigenvalue weighted by molar-refractivity contribution is 5.75. The Bertz CT molecular complexity index is 541. The molecule has 1 fully saturated rings. The molecule has 0 aromatic carbocycles. The van der Waals surface area contributed by atoms with E-state index in [1.165, 1.54) is 0 Å². The smallest absolute Gasteiger partial charge is 0.318 e. The van der Waals surface area contributed by atoms with Crippen LogP contribution < -0.4 is 5.32 Å². The number of nitrogens with zero attached hydrogens (tertiary/aromatic N) is 1. The maximum atomic E-state index is 12.7. The lowest BCUT2D eigenvalue weighted by Crippen LogP contribution is -2.51. The number of morpholine rings is 1. The third-order valence-corrected chi connectivity index (χ3v) is 4.47. The van der Waals surface area contributed by atoms with Gasteiger partial charge in [0.05, 0.1) is 18.8 Å². The SMILES string of the molecule is CCc1ccc([C@H]2COCCN2C(=O)N[C@@H](C)CC(C)(C)OC)o1. The summed E-state index contributed by atoms with van der Waals surface area (Å²) in [7, 11) is 1.69. The zero-order valence-electron chi connectivity index (χ0n) is 15.4. The van der Waals surface area contributed by atoms with Gasteiger partial charge >= 0.3 is 6.03 Å². The molecule has 2 rings (SSSR count). The van der Waals surface area contributed by atoms with Gasteiger partial charge in [0.25, 0.3) is 0 Å². The summed E-state index contributed by atoms with van der Waals surface area (Å²) < 4.78 is 16.8. The fourth-order valence-corrected chi connectivity index (χ4v) is 3.01. The van der Waals surface area contributed by atoms with Crippen LogP contribution in [0, 0.1) is 0 Å². The molecular formula is C18H30N2O4. The molecule has 24 heavy (non-hydrogen) atoms. The Labute approximate surface area is 144 Å². The Morgan fingerprint density at radius 1 is 1.50 bits per heavy atom. The van der Waals surface area contributed by atoms with E-state index in [0.29, 0.717) is 19.8 Å². The molecule has 0 saturated carbocycles. The van der Waals surface area contributed by atoms with Gasteiger partial charge in [-0.2, -0.15) is 0 Å². The van der Waals surface area contributed by atoms with Crippen molar-refractivity contribution in [3.05, 3.63) is 23.7 Å². The average molecular weight is 338 g/mol. The summed E-state index contributed by atoms with van der Waals surface area (Å²) in [5.74, 6) is 1.71. The Morgan fingerprint density at radius 2 is 2.25 bits per heavy atom. The molecule has 1 aliphatic heterocycles. The van der Waals surface area contributed by atoms with Gasteiger partial charge in [0.1, 0.15) is 17.6 Å². The second-order valence-electron chi connectivity index (χ2n) is 6.96. The summed E-state index contributed by atoms with van der Waals surface area (Å²) >= 11 is 0. The Balaban J connectivity index is 2.02. The number of hydrogen-bond donors (Lipinski definition) is 1. The van der Waals surface area contributed by atoms with Gasteiger partial charge in [-0.15, -0.1) is 0 Å². The molecule has 0 radical (unpaired) electrons. The molecule has 6 nitrogen and oxygen atoms in total. The van der Waals surface area contributed by atoms with Crippen molar-refractivity contribution in [1.82, 2.24) is 10.2 Å². The highest BCUT2D eigenvalue weighted by Gasteiger charge is 2.32. The van der Waals surface area contributed by atoms with Gasteiger partial charge in [-0.1, -0.05) is 6.92 Å². The normalized spacial score (nSPS) is 20.0. The van der Waals surface area contributed by atoms with Crippen LogP contribution in [0.5, 0.6) is 0 Å². The molecule has 0 unspecified atom stereocenters. The number of urea groups is 1. The predicted molar refractivity (Wildman–Crippen MR) is 92.1 cm³/mol. The maximum absolute atomic E-state index is 12.7. The van der Waals surface area contributed by atoms with Crippen molar-refractivity contribution in [3.8, 4) is 0 Å². The van der Waals surface area contributed by atoms with Gasteiger partial charge in [0, 0.05) is 26.1 Å². The van der Waals surface area contributed by atoms with E-state index in [-0.39, 0.29) is 23.7 Å². The van der Waals surface area contributed by atoms with Crippen LogP contribution in [0.15, 0.2) is 16.5 Å². The lowest BCUT2D eigenvalue weighted by molar-refractivity contribution is -0.00170.